The summed E-state index contributed by atoms with van der Waals surface area (Å²) in [6.45, 7) is 4.00. The molecule has 0 radical (unpaired) electrons. The zero-order chi connectivity index (χ0) is 14.8. The van der Waals surface area contributed by atoms with E-state index in [1.54, 1.807) is 17.0 Å². The molecule has 4 nitrogen and oxygen atoms in total. The lowest BCUT2D eigenvalue weighted by Crippen LogP contribution is -2.28. The molecule has 1 aromatic carbocycles. The molecule has 1 unspecified atom stereocenters. The Kier molecular flexibility index (Phi) is 3.78. The average molecular weight is 283 g/mol. The van der Waals surface area contributed by atoms with Crippen molar-refractivity contribution in [1.82, 2.24) is 9.55 Å². The third-order valence-corrected chi connectivity index (χ3v) is 4.10. The van der Waals surface area contributed by atoms with Crippen LogP contribution in [-0.4, -0.2) is 9.55 Å². The van der Waals surface area contributed by atoms with Crippen molar-refractivity contribution >= 4 is 5.82 Å². The first kappa shape index (κ1) is 13.9. The molecule has 0 saturated heterocycles. The number of aromatic nitrogens is 2. The van der Waals surface area contributed by atoms with Gasteiger partial charge in [0.25, 0.3) is 5.56 Å². The molecule has 4 heteroatoms. The van der Waals surface area contributed by atoms with Crippen molar-refractivity contribution in [3.8, 4) is 0 Å². The van der Waals surface area contributed by atoms with Crippen LogP contribution < -0.4 is 10.9 Å². The fourth-order valence-corrected chi connectivity index (χ4v) is 3.00. The van der Waals surface area contributed by atoms with Crippen molar-refractivity contribution in [1.29, 1.82) is 0 Å². The van der Waals surface area contributed by atoms with Gasteiger partial charge in [-0.05, 0) is 44.2 Å². The first-order valence-electron chi connectivity index (χ1n) is 7.58. The normalized spacial score (nSPS) is 17.6. The van der Waals surface area contributed by atoms with Gasteiger partial charge >= 0.3 is 0 Å². The van der Waals surface area contributed by atoms with Crippen LogP contribution >= 0.6 is 0 Å². The Bertz CT molecular complexity index is 690. The van der Waals surface area contributed by atoms with E-state index in [0.29, 0.717) is 5.82 Å². The Morgan fingerprint density at radius 2 is 2.14 bits per heavy atom. The number of nitrogens with zero attached hydrogens (tertiary/aromatic N) is 2. The number of rotatable bonds is 3. The summed E-state index contributed by atoms with van der Waals surface area (Å²) in [5, 5.41) is 3.36. The maximum atomic E-state index is 12.4. The van der Waals surface area contributed by atoms with Crippen LogP contribution in [0.3, 0.4) is 0 Å². The van der Waals surface area contributed by atoms with Crippen LogP contribution in [0.1, 0.15) is 49.9 Å². The second-order valence-electron chi connectivity index (χ2n) is 5.87. The summed E-state index contributed by atoms with van der Waals surface area (Å²) in [5.74, 6) is 0.452. The zero-order valence-electron chi connectivity index (χ0n) is 12.5. The summed E-state index contributed by atoms with van der Waals surface area (Å²) >= 11 is 0. The summed E-state index contributed by atoms with van der Waals surface area (Å²) in [6.07, 6.45) is 6.73. The van der Waals surface area contributed by atoms with Crippen LogP contribution in [0.25, 0.3) is 0 Å². The van der Waals surface area contributed by atoms with Crippen molar-refractivity contribution in [3.63, 3.8) is 0 Å². The SMILES string of the molecule is CC(C)n1ccnc(NC2CCCc3ccccc32)c1=O. The van der Waals surface area contributed by atoms with Gasteiger partial charge in [-0.2, -0.15) is 0 Å². The zero-order valence-corrected chi connectivity index (χ0v) is 12.5. The van der Waals surface area contributed by atoms with Crippen LogP contribution in [0.5, 0.6) is 0 Å². The van der Waals surface area contributed by atoms with Crippen molar-refractivity contribution < 1.29 is 0 Å². The van der Waals surface area contributed by atoms with Gasteiger partial charge in [-0.25, -0.2) is 4.98 Å². The average Bonchev–Trinajstić information content (AvgIpc) is 2.49. The number of benzene rings is 1. The summed E-state index contributed by atoms with van der Waals surface area (Å²) in [5.41, 5.74) is 2.63. The Labute approximate surface area is 124 Å². The minimum Gasteiger partial charge on any atom is -0.359 e. The standard InChI is InChI=1S/C17H21N3O/c1-12(2)20-11-10-18-16(17(20)21)19-15-9-5-7-13-6-3-4-8-14(13)15/h3-4,6,8,10-12,15H,5,7,9H2,1-2H3,(H,18,19). The molecule has 21 heavy (non-hydrogen) atoms. The molecule has 0 aliphatic heterocycles. The van der Waals surface area contributed by atoms with Gasteiger partial charge in [-0.3, -0.25) is 4.79 Å². The molecular weight excluding hydrogens is 262 g/mol. The lowest BCUT2D eigenvalue weighted by molar-refractivity contribution is 0.567. The monoisotopic (exact) mass is 283 g/mol. The summed E-state index contributed by atoms with van der Waals surface area (Å²) in [4.78, 5) is 16.7. The molecule has 1 aromatic heterocycles. The van der Waals surface area contributed by atoms with E-state index >= 15 is 0 Å². The maximum Gasteiger partial charge on any atom is 0.293 e. The highest BCUT2D eigenvalue weighted by Crippen LogP contribution is 2.31. The summed E-state index contributed by atoms with van der Waals surface area (Å²) < 4.78 is 1.71. The molecule has 1 N–H and O–H groups in total. The second kappa shape index (κ2) is 5.72. The predicted octanol–water partition coefficient (Wildman–Crippen LogP) is 3.31. The molecule has 0 saturated carbocycles. The van der Waals surface area contributed by atoms with Crippen molar-refractivity contribution in [3.05, 3.63) is 58.1 Å². The minimum absolute atomic E-state index is 0.0458. The Hall–Kier alpha value is -2.10. The topological polar surface area (TPSA) is 46.9 Å². The highest BCUT2D eigenvalue weighted by molar-refractivity contribution is 5.40. The van der Waals surface area contributed by atoms with Gasteiger partial charge in [0.05, 0.1) is 6.04 Å². The fourth-order valence-electron chi connectivity index (χ4n) is 3.00. The number of fused-ring (bicyclic) bond motifs is 1. The van der Waals surface area contributed by atoms with E-state index in [0.717, 1.165) is 19.3 Å². The summed E-state index contributed by atoms with van der Waals surface area (Å²) in [7, 11) is 0. The van der Waals surface area contributed by atoms with E-state index < -0.39 is 0 Å². The molecular formula is C17H21N3O. The molecule has 1 atom stereocenters. The van der Waals surface area contributed by atoms with E-state index in [1.807, 2.05) is 13.8 Å². The van der Waals surface area contributed by atoms with Gasteiger partial charge in [0.15, 0.2) is 5.82 Å². The first-order chi connectivity index (χ1) is 10.2. The van der Waals surface area contributed by atoms with Gasteiger partial charge in [0.2, 0.25) is 0 Å². The molecule has 1 aliphatic carbocycles. The number of aryl methyl sites for hydroxylation is 1. The lowest BCUT2D eigenvalue weighted by atomic mass is 9.88. The molecule has 1 aliphatic rings. The largest absolute Gasteiger partial charge is 0.359 e. The van der Waals surface area contributed by atoms with Crippen LogP contribution in [0.4, 0.5) is 5.82 Å². The predicted molar refractivity (Wildman–Crippen MR) is 84.6 cm³/mol. The van der Waals surface area contributed by atoms with E-state index in [1.165, 1.54) is 11.1 Å². The lowest BCUT2D eigenvalue weighted by Gasteiger charge is -2.26. The third-order valence-electron chi connectivity index (χ3n) is 4.10. The van der Waals surface area contributed by atoms with Crippen molar-refractivity contribution in [2.45, 2.75) is 45.2 Å². The molecule has 0 fully saturated rings. The molecule has 0 amide bonds. The van der Waals surface area contributed by atoms with Crippen molar-refractivity contribution in [2.75, 3.05) is 5.32 Å². The quantitative estimate of drug-likeness (QED) is 0.940. The first-order valence-corrected chi connectivity index (χ1v) is 7.58. The van der Waals surface area contributed by atoms with Crippen LogP contribution in [0, 0.1) is 0 Å². The molecule has 1 heterocycles. The second-order valence-corrected chi connectivity index (χ2v) is 5.87. The Morgan fingerprint density at radius 1 is 1.33 bits per heavy atom. The van der Waals surface area contributed by atoms with Crippen LogP contribution in [0.2, 0.25) is 0 Å². The number of hydrogen-bond donors (Lipinski definition) is 1. The van der Waals surface area contributed by atoms with Gasteiger partial charge in [0.1, 0.15) is 0 Å². The van der Waals surface area contributed by atoms with E-state index in [4.69, 9.17) is 0 Å². The molecule has 0 bridgehead atoms. The number of hydrogen-bond acceptors (Lipinski definition) is 3. The summed E-state index contributed by atoms with van der Waals surface area (Å²) in [6, 6.07) is 8.78. The maximum absolute atomic E-state index is 12.4. The highest BCUT2D eigenvalue weighted by atomic mass is 16.1. The minimum atomic E-state index is -0.0458. The van der Waals surface area contributed by atoms with Gasteiger partial charge < -0.3 is 9.88 Å². The van der Waals surface area contributed by atoms with E-state index in [2.05, 4.69) is 34.6 Å². The molecule has 110 valence electrons. The van der Waals surface area contributed by atoms with E-state index in [9.17, 15) is 4.79 Å². The van der Waals surface area contributed by atoms with Gasteiger partial charge in [0, 0.05) is 18.4 Å². The molecule has 2 aromatic rings. The van der Waals surface area contributed by atoms with Crippen LogP contribution in [0.15, 0.2) is 41.5 Å². The van der Waals surface area contributed by atoms with Gasteiger partial charge in [-0.15, -0.1) is 0 Å². The fraction of sp³-hybridized carbons (Fsp3) is 0.412. The van der Waals surface area contributed by atoms with E-state index in [-0.39, 0.29) is 17.6 Å². The molecule has 0 spiro atoms. The Balaban J connectivity index is 1.92. The van der Waals surface area contributed by atoms with Gasteiger partial charge in [-0.1, -0.05) is 24.3 Å². The number of anilines is 1. The van der Waals surface area contributed by atoms with Crippen LogP contribution in [-0.2, 0) is 6.42 Å². The Morgan fingerprint density at radius 3 is 2.95 bits per heavy atom. The smallest absolute Gasteiger partial charge is 0.293 e. The third kappa shape index (κ3) is 2.71. The molecule has 3 rings (SSSR count). The highest BCUT2D eigenvalue weighted by Gasteiger charge is 2.21. The number of nitrogens with one attached hydrogen (secondary N) is 1. The van der Waals surface area contributed by atoms with Crippen molar-refractivity contribution in [2.24, 2.45) is 0 Å².